The molecule has 9 heteroatoms. The van der Waals surface area contributed by atoms with Crippen LogP contribution in [0.1, 0.15) is 24.2 Å². The summed E-state index contributed by atoms with van der Waals surface area (Å²) < 4.78 is 25.4. The Morgan fingerprint density at radius 3 is 2.26 bits per heavy atom. The second-order valence-electron chi connectivity index (χ2n) is 5.42. The van der Waals surface area contributed by atoms with E-state index in [1.807, 2.05) is 0 Å². The standard InChI is InChI=1S/C14H20ClN3O4S/c1-9(2)18(8-13(16)19)14(20)11-7-10(5-6-12(11)15)23(21,22)17(3)4/h5-7,9H,8H2,1-4H3,(H2,16,19). The molecule has 2 N–H and O–H groups in total. The van der Waals surface area contributed by atoms with Gasteiger partial charge in [-0.3, -0.25) is 9.59 Å². The van der Waals surface area contributed by atoms with Gasteiger partial charge in [-0.15, -0.1) is 0 Å². The van der Waals surface area contributed by atoms with E-state index in [0.717, 1.165) is 4.31 Å². The van der Waals surface area contributed by atoms with E-state index in [4.69, 9.17) is 17.3 Å². The van der Waals surface area contributed by atoms with Gasteiger partial charge in [-0.25, -0.2) is 12.7 Å². The molecule has 0 spiro atoms. The molecule has 0 unspecified atom stereocenters. The molecule has 1 rings (SSSR count). The summed E-state index contributed by atoms with van der Waals surface area (Å²) in [6.07, 6.45) is 0. The Labute approximate surface area is 141 Å². The molecule has 0 heterocycles. The summed E-state index contributed by atoms with van der Waals surface area (Å²) in [4.78, 5) is 24.9. The van der Waals surface area contributed by atoms with Crippen molar-refractivity contribution in [3.8, 4) is 0 Å². The smallest absolute Gasteiger partial charge is 0.256 e. The molecule has 0 radical (unpaired) electrons. The van der Waals surface area contributed by atoms with Crippen LogP contribution in [0.2, 0.25) is 5.02 Å². The minimum Gasteiger partial charge on any atom is -0.368 e. The number of hydrogen-bond donors (Lipinski definition) is 1. The maximum Gasteiger partial charge on any atom is 0.256 e. The first kappa shape index (κ1) is 19.4. The molecule has 0 saturated heterocycles. The van der Waals surface area contributed by atoms with Crippen LogP contribution < -0.4 is 5.73 Å². The maximum absolute atomic E-state index is 12.6. The largest absolute Gasteiger partial charge is 0.368 e. The van der Waals surface area contributed by atoms with Crippen molar-refractivity contribution in [2.75, 3.05) is 20.6 Å². The zero-order chi connectivity index (χ0) is 17.9. The van der Waals surface area contributed by atoms with Crippen molar-refractivity contribution in [2.24, 2.45) is 5.73 Å². The van der Waals surface area contributed by atoms with Gasteiger partial charge >= 0.3 is 0 Å². The molecule has 0 bridgehead atoms. The average molecular weight is 362 g/mol. The van der Waals surface area contributed by atoms with Crippen LogP contribution in [-0.2, 0) is 14.8 Å². The van der Waals surface area contributed by atoms with E-state index >= 15 is 0 Å². The molecule has 1 aromatic rings. The number of sulfonamides is 1. The Balaban J connectivity index is 3.36. The molecule has 0 atom stereocenters. The molecule has 0 aliphatic carbocycles. The number of amides is 2. The van der Waals surface area contributed by atoms with Crippen molar-refractivity contribution in [1.29, 1.82) is 0 Å². The average Bonchev–Trinajstić information content (AvgIpc) is 2.43. The van der Waals surface area contributed by atoms with Crippen molar-refractivity contribution >= 4 is 33.4 Å². The predicted octanol–water partition coefficient (Wildman–Crippen LogP) is 0.926. The molecule has 0 aromatic heterocycles. The molecule has 7 nitrogen and oxygen atoms in total. The van der Waals surface area contributed by atoms with E-state index in [1.54, 1.807) is 13.8 Å². The van der Waals surface area contributed by atoms with Crippen LogP contribution in [-0.4, -0.2) is 56.1 Å². The Bertz CT molecular complexity index is 717. The van der Waals surface area contributed by atoms with Gasteiger partial charge in [-0.1, -0.05) is 11.6 Å². The SMILES string of the molecule is CC(C)N(CC(N)=O)C(=O)c1cc(S(=O)(=O)N(C)C)ccc1Cl. The van der Waals surface area contributed by atoms with E-state index in [9.17, 15) is 18.0 Å². The fraction of sp³-hybridized carbons (Fsp3) is 0.429. The van der Waals surface area contributed by atoms with E-state index in [2.05, 4.69) is 0 Å². The topological polar surface area (TPSA) is 101 Å². The van der Waals surface area contributed by atoms with Crippen LogP contribution in [0.15, 0.2) is 23.1 Å². The highest BCUT2D eigenvalue weighted by atomic mass is 35.5. The third-order valence-corrected chi connectivity index (χ3v) is 5.30. The van der Waals surface area contributed by atoms with Gasteiger partial charge < -0.3 is 10.6 Å². The Hall–Kier alpha value is -1.64. The van der Waals surface area contributed by atoms with E-state index < -0.39 is 21.8 Å². The number of carbonyl (C=O) groups excluding carboxylic acids is 2. The lowest BCUT2D eigenvalue weighted by atomic mass is 10.1. The summed E-state index contributed by atoms with van der Waals surface area (Å²) in [5, 5.41) is 0.0998. The molecule has 2 amide bonds. The fourth-order valence-corrected chi connectivity index (χ4v) is 2.98. The number of halogens is 1. The summed E-state index contributed by atoms with van der Waals surface area (Å²) in [6, 6.07) is 3.56. The van der Waals surface area contributed by atoms with Crippen LogP contribution in [0, 0.1) is 0 Å². The molecular weight excluding hydrogens is 342 g/mol. The minimum absolute atomic E-state index is 0.00421. The van der Waals surface area contributed by atoms with Crippen LogP contribution >= 0.6 is 11.6 Å². The normalized spacial score (nSPS) is 11.8. The lowest BCUT2D eigenvalue weighted by molar-refractivity contribution is -0.119. The van der Waals surface area contributed by atoms with E-state index in [-0.39, 0.29) is 28.1 Å². The molecule has 128 valence electrons. The number of hydrogen-bond acceptors (Lipinski definition) is 4. The highest BCUT2D eigenvalue weighted by Gasteiger charge is 2.25. The van der Waals surface area contributed by atoms with E-state index in [0.29, 0.717) is 0 Å². The Kier molecular flexibility index (Phi) is 6.15. The van der Waals surface area contributed by atoms with Crippen molar-refractivity contribution in [3.05, 3.63) is 28.8 Å². The zero-order valence-corrected chi connectivity index (χ0v) is 15.0. The Morgan fingerprint density at radius 1 is 1.26 bits per heavy atom. The number of rotatable bonds is 6. The van der Waals surface area contributed by atoms with Crippen molar-refractivity contribution in [1.82, 2.24) is 9.21 Å². The summed E-state index contributed by atoms with van der Waals surface area (Å²) >= 11 is 6.03. The maximum atomic E-state index is 12.6. The van der Waals surface area contributed by atoms with E-state index in [1.165, 1.54) is 37.2 Å². The lowest BCUT2D eigenvalue weighted by Crippen LogP contribution is -2.42. The Morgan fingerprint density at radius 2 is 1.83 bits per heavy atom. The van der Waals surface area contributed by atoms with Gasteiger partial charge in [0.25, 0.3) is 5.91 Å². The van der Waals surface area contributed by atoms with Crippen LogP contribution in [0.4, 0.5) is 0 Å². The van der Waals surface area contributed by atoms with Crippen molar-refractivity contribution in [2.45, 2.75) is 24.8 Å². The van der Waals surface area contributed by atoms with Gasteiger partial charge in [0.2, 0.25) is 15.9 Å². The number of benzene rings is 1. The van der Waals surface area contributed by atoms with Crippen molar-refractivity contribution < 1.29 is 18.0 Å². The number of nitrogens with zero attached hydrogens (tertiary/aromatic N) is 2. The summed E-state index contributed by atoms with van der Waals surface area (Å²) in [7, 11) is -0.931. The molecule has 0 fully saturated rings. The van der Waals surface area contributed by atoms with Gasteiger partial charge in [0.15, 0.2) is 0 Å². The quantitative estimate of drug-likeness (QED) is 0.814. The highest BCUT2D eigenvalue weighted by Crippen LogP contribution is 2.24. The van der Waals surface area contributed by atoms with Gasteiger partial charge in [0, 0.05) is 20.1 Å². The number of primary amides is 1. The third kappa shape index (κ3) is 4.43. The van der Waals surface area contributed by atoms with Gasteiger partial charge in [-0.05, 0) is 32.0 Å². The molecule has 0 aliphatic rings. The second-order valence-corrected chi connectivity index (χ2v) is 7.98. The van der Waals surface area contributed by atoms with Gasteiger partial charge in [0.05, 0.1) is 22.0 Å². The molecule has 0 aliphatic heterocycles. The minimum atomic E-state index is -3.71. The van der Waals surface area contributed by atoms with Crippen LogP contribution in [0.5, 0.6) is 0 Å². The number of carbonyl (C=O) groups is 2. The van der Waals surface area contributed by atoms with Crippen LogP contribution in [0.3, 0.4) is 0 Å². The molecule has 0 saturated carbocycles. The lowest BCUT2D eigenvalue weighted by Gasteiger charge is -2.26. The summed E-state index contributed by atoms with van der Waals surface area (Å²) in [5.74, 6) is -1.22. The van der Waals surface area contributed by atoms with Crippen molar-refractivity contribution in [3.63, 3.8) is 0 Å². The number of nitrogens with two attached hydrogens (primary N) is 1. The molecule has 1 aromatic carbocycles. The summed E-state index contributed by atoms with van der Waals surface area (Å²) in [5.41, 5.74) is 5.16. The van der Waals surface area contributed by atoms with Gasteiger partial charge in [-0.2, -0.15) is 0 Å². The third-order valence-electron chi connectivity index (χ3n) is 3.16. The first-order chi connectivity index (χ1) is 10.5. The predicted molar refractivity (Wildman–Crippen MR) is 87.7 cm³/mol. The fourth-order valence-electron chi connectivity index (χ4n) is 1.85. The zero-order valence-electron chi connectivity index (χ0n) is 13.4. The molecule has 23 heavy (non-hydrogen) atoms. The first-order valence-electron chi connectivity index (χ1n) is 6.79. The van der Waals surface area contributed by atoms with Gasteiger partial charge in [0.1, 0.15) is 0 Å². The molecular formula is C14H20ClN3O4S. The van der Waals surface area contributed by atoms with Crippen LogP contribution in [0.25, 0.3) is 0 Å². The highest BCUT2D eigenvalue weighted by molar-refractivity contribution is 7.89. The first-order valence-corrected chi connectivity index (χ1v) is 8.61. The second kappa shape index (κ2) is 7.29. The summed E-state index contributed by atoms with van der Waals surface area (Å²) in [6.45, 7) is 3.15. The monoisotopic (exact) mass is 361 g/mol.